The van der Waals surface area contributed by atoms with Gasteiger partial charge in [-0.2, -0.15) is 0 Å². The van der Waals surface area contributed by atoms with Gasteiger partial charge in [-0.3, -0.25) is 9.59 Å². The van der Waals surface area contributed by atoms with Crippen molar-refractivity contribution in [1.82, 2.24) is 10.6 Å². The van der Waals surface area contributed by atoms with Crippen LogP contribution in [-0.2, 0) is 9.59 Å². The average Bonchev–Trinajstić information content (AvgIpc) is 2.37. The van der Waals surface area contributed by atoms with Crippen LogP contribution in [0.5, 0.6) is 0 Å². The van der Waals surface area contributed by atoms with Crippen LogP contribution in [0.15, 0.2) is 12.7 Å². The van der Waals surface area contributed by atoms with Crippen molar-refractivity contribution in [2.45, 2.75) is 32.1 Å². The van der Waals surface area contributed by atoms with Gasteiger partial charge in [0.25, 0.3) is 0 Å². The number of hydrogen-bond acceptors (Lipinski definition) is 3. The summed E-state index contributed by atoms with van der Waals surface area (Å²) >= 11 is 0. The lowest BCUT2D eigenvalue weighted by atomic mass is 9.74. The predicted octanol–water partition coefficient (Wildman–Crippen LogP) is 0.913. The summed E-state index contributed by atoms with van der Waals surface area (Å²) in [6.07, 6.45) is 5.93. The predicted molar refractivity (Wildman–Crippen MR) is 69.2 cm³/mol. The highest BCUT2D eigenvalue weighted by Gasteiger charge is 2.39. The Morgan fingerprint density at radius 1 is 1.28 bits per heavy atom. The van der Waals surface area contributed by atoms with Crippen molar-refractivity contribution in [3.63, 3.8) is 0 Å². The summed E-state index contributed by atoms with van der Waals surface area (Å²) in [5.74, 6) is -0.954. The van der Waals surface area contributed by atoms with Gasteiger partial charge < -0.3 is 15.7 Å². The van der Waals surface area contributed by atoms with Crippen LogP contribution in [0.4, 0.5) is 0 Å². The van der Waals surface area contributed by atoms with Gasteiger partial charge in [-0.1, -0.05) is 25.3 Å². The zero-order valence-electron chi connectivity index (χ0n) is 10.7. The Hall–Kier alpha value is -1.36. The van der Waals surface area contributed by atoms with Crippen LogP contribution >= 0.6 is 0 Å². The van der Waals surface area contributed by atoms with E-state index in [4.69, 9.17) is 0 Å². The second-order valence-electron chi connectivity index (χ2n) is 4.84. The number of nitrogens with one attached hydrogen (secondary N) is 2. The van der Waals surface area contributed by atoms with Gasteiger partial charge in [0.1, 0.15) is 0 Å². The minimum Gasteiger partial charge on any atom is -0.481 e. The van der Waals surface area contributed by atoms with Crippen LogP contribution in [-0.4, -0.2) is 36.6 Å². The molecule has 1 aliphatic carbocycles. The number of amides is 1. The Labute approximate surface area is 108 Å². The Bertz CT molecular complexity index is 309. The lowest BCUT2D eigenvalue weighted by molar-refractivity contribution is -0.151. The molecule has 0 aromatic heterocycles. The van der Waals surface area contributed by atoms with Gasteiger partial charge in [-0.25, -0.2) is 0 Å². The molecular formula is C13H22N2O3. The third-order valence-electron chi connectivity index (χ3n) is 3.46. The maximum atomic E-state index is 11.5. The molecular weight excluding hydrogens is 232 g/mol. The molecule has 0 aliphatic heterocycles. The summed E-state index contributed by atoms with van der Waals surface area (Å²) in [6, 6.07) is 0. The smallest absolute Gasteiger partial charge is 0.311 e. The van der Waals surface area contributed by atoms with Crippen LogP contribution in [0.2, 0.25) is 0 Å². The second kappa shape index (κ2) is 7.16. The molecule has 0 atom stereocenters. The van der Waals surface area contributed by atoms with Crippen LogP contribution < -0.4 is 10.6 Å². The third-order valence-corrected chi connectivity index (χ3v) is 3.46. The van der Waals surface area contributed by atoms with Gasteiger partial charge >= 0.3 is 5.97 Å². The van der Waals surface area contributed by atoms with Gasteiger partial charge in [0.15, 0.2) is 0 Å². The third kappa shape index (κ3) is 4.14. The fourth-order valence-corrected chi connectivity index (χ4v) is 2.31. The van der Waals surface area contributed by atoms with Crippen LogP contribution in [0.3, 0.4) is 0 Å². The first-order chi connectivity index (χ1) is 8.60. The molecule has 1 fully saturated rings. The number of carboxylic acids is 1. The van der Waals surface area contributed by atoms with Crippen molar-refractivity contribution < 1.29 is 14.7 Å². The molecule has 1 saturated carbocycles. The molecule has 0 radical (unpaired) electrons. The van der Waals surface area contributed by atoms with Gasteiger partial charge in [0.2, 0.25) is 5.91 Å². The monoisotopic (exact) mass is 254 g/mol. The summed E-state index contributed by atoms with van der Waals surface area (Å²) in [6.45, 7) is 4.54. The highest BCUT2D eigenvalue weighted by molar-refractivity contribution is 5.80. The van der Waals surface area contributed by atoms with Crippen molar-refractivity contribution in [3.05, 3.63) is 12.7 Å². The molecule has 3 N–H and O–H groups in total. The number of carboxylic acid groups (broad SMARTS) is 1. The Kier molecular flexibility index (Phi) is 5.85. The van der Waals surface area contributed by atoms with E-state index in [1.54, 1.807) is 6.08 Å². The Morgan fingerprint density at radius 2 is 1.94 bits per heavy atom. The normalized spacial score (nSPS) is 18.0. The van der Waals surface area contributed by atoms with Crippen LogP contribution in [0.1, 0.15) is 32.1 Å². The van der Waals surface area contributed by atoms with E-state index >= 15 is 0 Å². The van der Waals surface area contributed by atoms with Gasteiger partial charge in [-0.05, 0) is 12.8 Å². The second-order valence-corrected chi connectivity index (χ2v) is 4.84. The molecule has 0 heterocycles. The van der Waals surface area contributed by atoms with E-state index in [1.165, 1.54) is 0 Å². The Morgan fingerprint density at radius 3 is 2.50 bits per heavy atom. The SMILES string of the molecule is C=CCNCC(=O)NCC1(C(=O)O)CCCCC1. The summed E-state index contributed by atoms with van der Waals surface area (Å²) < 4.78 is 0. The molecule has 1 amide bonds. The van der Waals surface area contributed by atoms with Gasteiger partial charge in [0, 0.05) is 13.1 Å². The molecule has 0 aromatic rings. The van der Waals surface area contributed by atoms with E-state index in [0.29, 0.717) is 19.4 Å². The fraction of sp³-hybridized carbons (Fsp3) is 0.692. The standard InChI is InChI=1S/C13H22N2O3/c1-2-8-14-9-11(16)15-10-13(12(17)18)6-4-3-5-7-13/h2,14H,1,3-10H2,(H,15,16)(H,17,18). The highest BCUT2D eigenvalue weighted by atomic mass is 16.4. The van der Waals surface area contributed by atoms with Crippen LogP contribution in [0.25, 0.3) is 0 Å². The molecule has 0 unspecified atom stereocenters. The number of rotatable bonds is 7. The lowest BCUT2D eigenvalue weighted by Gasteiger charge is -2.33. The molecule has 102 valence electrons. The van der Waals surface area contributed by atoms with E-state index < -0.39 is 11.4 Å². The van der Waals surface area contributed by atoms with Crippen molar-refractivity contribution >= 4 is 11.9 Å². The number of carbonyl (C=O) groups excluding carboxylic acids is 1. The van der Waals surface area contributed by atoms with E-state index in [9.17, 15) is 14.7 Å². The molecule has 1 aliphatic rings. The molecule has 0 spiro atoms. The molecule has 0 saturated heterocycles. The van der Waals surface area contributed by atoms with Crippen molar-refractivity contribution in [2.24, 2.45) is 5.41 Å². The van der Waals surface area contributed by atoms with E-state index in [2.05, 4.69) is 17.2 Å². The zero-order chi connectivity index (χ0) is 13.4. The zero-order valence-corrected chi connectivity index (χ0v) is 10.7. The van der Waals surface area contributed by atoms with Gasteiger partial charge in [0.05, 0.1) is 12.0 Å². The molecule has 18 heavy (non-hydrogen) atoms. The number of hydrogen-bond donors (Lipinski definition) is 3. The number of carbonyl (C=O) groups is 2. The largest absolute Gasteiger partial charge is 0.481 e. The topological polar surface area (TPSA) is 78.4 Å². The summed E-state index contributed by atoms with van der Waals surface area (Å²) in [5.41, 5.74) is -0.758. The maximum Gasteiger partial charge on any atom is 0.311 e. The maximum absolute atomic E-state index is 11.5. The average molecular weight is 254 g/mol. The van der Waals surface area contributed by atoms with E-state index in [1.807, 2.05) is 0 Å². The van der Waals surface area contributed by atoms with E-state index in [0.717, 1.165) is 19.3 Å². The molecule has 5 heteroatoms. The highest BCUT2D eigenvalue weighted by Crippen LogP contribution is 2.35. The fourth-order valence-electron chi connectivity index (χ4n) is 2.31. The molecule has 0 aromatic carbocycles. The van der Waals surface area contributed by atoms with Crippen LogP contribution in [0, 0.1) is 5.41 Å². The summed E-state index contributed by atoms with van der Waals surface area (Å²) in [5, 5.41) is 14.9. The minimum absolute atomic E-state index is 0.164. The summed E-state index contributed by atoms with van der Waals surface area (Å²) in [7, 11) is 0. The first-order valence-electron chi connectivity index (χ1n) is 6.42. The van der Waals surface area contributed by atoms with Crippen molar-refractivity contribution in [1.29, 1.82) is 0 Å². The number of aliphatic carboxylic acids is 1. The Balaban J connectivity index is 2.40. The van der Waals surface area contributed by atoms with E-state index in [-0.39, 0.29) is 19.0 Å². The lowest BCUT2D eigenvalue weighted by Crippen LogP contribution is -2.46. The summed E-state index contributed by atoms with van der Waals surface area (Å²) in [4.78, 5) is 22.9. The van der Waals surface area contributed by atoms with Crippen molar-refractivity contribution in [2.75, 3.05) is 19.6 Å². The van der Waals surface area contributed by atoms with Gasteiger partial charge in [-0.15, -0.1) is 6.58 Å². The first kappa shape index (κ1) is 14.7. The minimum atomic E-state index is -0.790. The quantitative estimate of drug-likeness (QED) is 0.466. The molecule has 0 bridgehead atoms. The molecule has 5 nitrogen and oxygen atoms in total. The first-order valence-corrected chi connectivity index (χ1v) is 6.42. The molecule has 1 rings (SSSR count). The van der Waals surface area contributed by atoms with Crippen molar-refractivity contribution in [3.8, 4) is 0 Å².